The summed E-state index contributed by atoms with van der Waals surface area (Å²) in [6.45, 7) is 1.52. The molecule has 1 aromatic rings. The van der Waals surface area contributed by atoms with Gasteiger partial charge in [-0.25, -0.2) is 0 Å². The lowest BCUT2D eigenvalue weighted by atomic mass is 10.2. The first-order valence-electron chi connectivity index (χ1n) is 3.72. The van der Waals surface area contributed by atoms with E-state index in [-0.39, 0.29) is 5.78 Å². The van der Waals surface area contributed by atoms with Crippen molar-refractivity contribution in [2.24, 2.45) is 0 Å². The normalized spacial score (nSPS) is 10.4. The molecule has 0 atom stereocenters. The summed E-state index contributed by atoms with van der Waals surface area (Å²) in [5, 5.41) is 0. The molecule has 0 saturated heterocycles. The van der Waals surface area contributed by atoms with E-state index in [0.717, 1.165) is 11.3 Å². The second kappa shape index (κ2) is 3.72. The quantitative estimate of drug-likeness (QED) is 0.531. The minimum Gasteiger partial charge on any atom is -0.399 e. The van der Waals surface area contributed by atoms with E-state index < -0.39 is 0 Å². The smallest absolute Gasteiger partial charge is 0.152 e. The topological polar surface area (TPSA) is 43.1 Å². The van der Waals surface area contributed by atoms with E-state index in [1.165, 1.54) is 13.0 Å². The van der Waals surface area contributed by atoms with Gasteiger partial charge in [0.2, 0.25) is 0 Å². The maximum absolute atomic E-state index is 10.6. The highest BCUT2D eigenvalue weighted by Gasteiger charge is 1.87. The highest BCUT2D eigenvalue weighted by Crippen LogP contribution is 2.06. The molecule has 0 unspecified atom stereocenters. The van der Waals surface area contributed by atoms with Gasteiger partial charge in [0.1, 0.15) is 0 Å². The van der Waals surface area contributed by atoms with E-state index in [4.69, 9.17) is 5.73 Å². The van der Waals surface area contributed by atoms with Crippen molar-refractivity contribution in [3.8, 4) is 0 Å². The molecule has 1 rings (SSSR count). The molecular weight excluding hydrogens is 150 g/mol. The lowest BCUT2D eigenvalue weighted by Gasteiger charge is -1.93. The summed E-state index contributed by atoms with van der Waals surface area (Å²) >= 11 is 0. The molecule has 2 heteroatoms. The van der Waals surface area contributed by atoms with Crippen molar-refractivity contribution in [2.75, 3.05) is 5.73 Å². The molecule has 0 spiro atoms. The van der Waals surface area contributed by atoms with Gasteiger partial charge in [-0.1, -0.05) is 18.2 Å². The van der Waals surface area contributed by atoms with E-state index >= 15 is 0 Å². The Hall–Kier alpha value is -1.57. The molecule has 0 radical (unpaired) electrons. The molecular formula is C10H11NO. The fourth-order valence-electron chi connectivity index (χ4n) is 0.821. The molecule has 2 N–H and O–H groups in total. The average molecular weight is 161 g/mol. The number of rotatable bonds is 2. The first-order chi connectivity index (χ1) is 5.68. The molecule has 1 aromatic carbocycles. The standard InChI is InChI=1S/C10H11NO/c1-8(12)2-3-9-4-6-10(11)7-5-9/h2-7H,11H2,1H3. The van der Waals surface area contributed by atoms with Crippen molar-refractivity contribution in [1.29, 1.82) is 0 Å². The number of hydrogen-bond donors (Lipinski definition) is 1. The van der Waals surface area contributed by atoms with Gasteiger partial charge in [0, 0.05) is 5.69 Å². The molecule has 2 nitrogen and oxygen atoms in total. The number of nitrogen functional groups attached to an aromatic ring is 1. The Morgan fingerprint density at radius 3 is 2.42 bits per heavy atom. The van der Waals surface area contributed by atoms with Gasteiger partial charge in [0.05, 0.1) is 0 Å². The van der Waals surface area contributed by atoms with Crippen LogP contribution in [0.4, 0.5) is 5.69 Å². The molecule has 0 bridgehead atoms. The van der Waals surface area contributed by atoms with Crippen LogP contribution in [0.15, 0.2) is 30.3 Å². The number of carbonyl (C=O) groups is 1. The monoisotopic (exact) mass is 161 g/mol. The largest absolute Gasteiger partial charge is 0.399 e. The first kappa shape index (κ1) is 8.53. The molecule has 0 aliphatic carbocycles. The highest BCUT2D eigenvalue weighted by molar-refractivity contribution is 5.91. The highest BCUT2D eigenvalue weighted by atomic mass is 16.1. The Bertz CT molecular complexity index is 298. The van der Waals surface area contributed by atoms with Crippen LogP contribution in [0.2, 0.25) is 0 Å². The Morgan fingerprint density at radius 1 is 1.33 bits per heavy atom. The Morgan fingerprint density at radius 2 is 1.92 bits per heavy atom. The van der Waals surface area contributed by atoms with Gasteiger partial charge >= 0.3 is 0 Å². The lowest BCUT2D eigenvalue weighted by molar-refractivity contribution is -0.112. The molecule has 0 saturated carbocycles. The third kappa shape index (κ3) is 2.58. The fraction of sp³-hybridized carbons (Fsp3) is 0.100. The summed E-state index contributed by atoms with van der Waals surface area (Å²) < 4.78 is 0. The molecule has 0 heterocycles. The summed E-state index contributed by atoms with van der Waals surface area (Å²) in [5.41, 5.74) is 7.21. The molecule has 0 aliphatic rings. The van der Waals surface area contributed by atoms with Crippen molar-refractivity contribution in [3.63, 3.8) is 0 Å². The Kier molecular flexibility index (Phi) is 2.64. The number of nitrogens with two attached hydrogens (primary N) is 1. The van der Waals surface area contributed by atoms with Crippen LogP contribution in [0.3, 0.4) is 0 Å². The molecule has 0 aliphatic heterocycles. The van der Waals surface area contributed by atoms with Gasteiger partial charge < -0.3 is 5.73 Å². The second-order valence-corrected chi connectivity index (χ2v) is 2.61. The minimum atomic E-state index is 0.0480. The van der Waals surface area contributed by atoms with Crippen LogP contribution in [0, 0.1) is 0 Å². The number of carbonyl (C=O) groups excluding carboxylic acids is 1. The van der Waals surface area contributed by atoms with E-state index in [1.54, 1.807) is 18.2 Å². The van der Waals surface area contributed by atoms with Crippen LogP contribution in [0.1, 0.15) is 12.5 Å². The summed E-state index contributed by atoms with van der Waals surface area (Å²) in [7, 11) is 0. The molecule has 0 amide bonds. The van der Waals surface area contributed by atoms with Gasteiger partial charge in [0.15, 0.2) is 5.78 Å². The zero-order valence-corrected chi connectivity index (χ0v) is 6.95. The van der Waals surface area contributed by atoms with Gasteiger partial charge in [-0.3, -0.25) is 4.79 Å². The fourth-order valence-corrected chi connectivity index (χ4v) is 0.821. The minimum absolute atomic E-state index is 0.0480. The van der Waals surface area contributed by atoms with Crippen molar-refractivity contribution >= 4 is 17.5 Å². The zero-order chi connectivity index (χ0) is 8.97. The number of anilines is 1. The predicted molar refractivity (Wildman–Crippen MR) is 50.6 cm³/mol. The summed E-state index contributed by atoms with van der Waals surface area (Å²) in [4.78, 5) is 10.6. The molecule has 0 aromatic heterocycles. The van der Waals surface area contributed by atoms with Crippen molar-refractivity contribution in [3.05, 3.63) is 35.9 Å². The molecule has 62 valence electrons. The number of allylic oxidation sites excluding steroid dienone is 1. The Labute approximate surface area is 71.7 Å². The van der Waals surface area contributed by atoms with Crippen LogP contribution >= 0.6 is 0 Å². The number of benzene rings is 1. The maximum Gasteiger partial charge on any atom is 0.152 e. The third-order valence-corrected chi connectivity index (χ3v) is 1.45. The van der Waals surface area contributed by atoms with Gasteiger partial charge in [-0.2, -0.15) is 0 Å². The average Bonchev–Trinajstić information content (AvgIpc) is 2.03. The molecule has 12 heavy (non-hydrogen) atoms. The van der Waals surface area contributed by atoms with Gasteiger partial charge in [-0.05, 0) is 30.7 Å². The van der Waals surface area contributed by atoms with Crippen LogP contribution in [0.5, 0.6) is 0 Å². The summed E-state index contributed by atoms with van der Waals surface area (Å²) in [6.07, 6.45) is 3.30. The lowest BCUT2D eigenvalue weighted by Crippen LogP contribution is -1.83. The van der Waals surface area contributed by atoms with Gasteiger partial charge in [-0.15, -0.1) is 0 Å². The Balaban J connectivity index is 2.77. The third-order valence-electron chi connectivity index (χ3n) is 1.45. The number of hydrogen-bond acceptors (Lipinski definition) is 2. The summed E-state index contributed by atoms with van der Waals surface area (Å²) in [5.74, 6) is 0.0480. The van der Waals surface area contributed by atoms with Crippen LogP contribution in [-0.4, -0.2) is 5.78 Å². The predicted octanol–water partition coefficient (Wildman–Crippen LogP) is 1.87. The SMILES string of the molecule is CC(=O)C=Cc1ccc(N)cc1. The van der Waals surface area contributed by atoms with Crippen molar-refractivity contribution in [2.45, 2.75) is 6.92 Å². The summed E-state index contributed by atoms with van der Waals surface area (Å²) in [6, 6.07) is 7.35. The van der Waals surface area contributed by atoms with Gasteiger partial charge in [0.25, 0.3) is 0 Å². The zero-order valence-electron chi connectivity index (χ0n) is 6.95. The van der Waals surface area contributed by atoms with Crippen molar-refractivity contribution in [1.82, 2.24) is 0 Å². The van der Waals surface area contributed by atoms with E-state index in [1.807, 2.05) is 12.1 Å². The van der Waals surface area contributed by atoms with Crippen LogP contribution in [0.25, 0.3) is 6.08 Å². The van der Waals surface area contributed by atoms with Crippen LogP contribution in [-0.2, 0) is 4.79 Å². The first-order valence-corrected chi connectivity index (χ1v) is 3.72. The number of ketones is 1. The van der Waals surface area contributed by atoms with Crippen molar-refractivity contribution < 1.29 is 4.79 Å². The second-order valence-electron chi connectivity index (χ2n) is 2.61. The van der Waals surface area contributed by atoms with E-state index in [9.17, 15) is 4.79 Å². The van der Waals surface area contributed by atoms with Crippen LogP contribution < -0.4 is 5.73 Å². The van der Waals surface area contributed by atoms with E-state index in [0.29, 0.717) is 0 Å². The maximum atomic E-state index is 10.6. The van der Waals surface area contributed by atoms with E-state index in [2.05, 4.69) is 0 Å². The molecule has 0 fully saturated rings.